The molecule has 0 unspecified atom stereocenters. The van der Waals surface area contributed by atoms with E-state index >= 15 is 0 Å². The Morgan fingerprint density at radius 2 is 2.06 bits per heavy atom. The molecule has 0 aliphatic carbocycles. The number of esters is 1. The lowest BCUT2D eigenvalue weighted by atomic mass is 10.2. The highest BCUT2D eigenvalue weighted by Crippen LogP contribution is 2.16. The van der Waals surface area contributed by atoms with Crippen molar-refractivity contribution in [2.75, 3.05) is 13.2 Å². The predicted molar refractivity (Wildman–Crippen MR) is 71.7 cm³/mol. The minimum absolute atomic E-state index is 0.202. The van der Waals surface area contributed by atoms with Crippen molar-refractivity contribution in [3.05, 3.63) is 42.0 Å². The second-order valence-electron chi connectivity index (χ2n) is 4.34. The Kier molecular flexibility index (Phi) is 5.98. The summed E-state index contributed by atoms with van der Waals surface area (Å²) in [5, 5.41) is 0. The molecule has 1 aromatic carbocycles. The van der Waals surface area contributed by atoms with Crippen molar-refractivity contribution in [2.45, 2.75) is 26.7 Å². The molecule has 3 nitrogen and oxygen atoms in total. The van der Waals surface area contributed by atoms with Crippen LogP contribution in [0.5, 0.6) is 5.75 Å². The number of carbonyl (C=O) groups excluding carboxylic acids is 1. The zero-order chi connectivity index (χ0) is 13.4. The van der Waals surface area contributed by atoms with Crippen molar-refractivity contribution < 1.29 is 14.3 Å². The SMILES string of the molecule is C=C(C)COC(=O)CCCOc1ccccc1C. The fourth-order valence-electron chi connectivity index (χ4n) is 1.39. The lowest BCUT2D eigenvalue weighted by molar-refractivity contribution is -0.142. The molecule has 0 N–H and O–H groups in total. The van der Waals surface area contributed by atoms with Crippen LogP contribution in [-0.4, -0.2) is 19.2 Å². The highest BCUT2D eigenvalue weighted by Gasteiger charge is 2.03. The van der Waals surface area contributed by atoms with E-state index in [1.165, 1.54) is 0 Å². The van der Waals surface area contributed by atoms with E-state index in [1.807, 2.05) is 38.1 Å². The van der Waals surface area contributed by atoms with Crippen molar-refractivity contribution in [2.24, 2.45) is 0 Å². The van der Waals surface area contributed by atoms with Crippen LogP contribution in [-0.2, 0) is 9.53 Å². The van der Waals surface area contributed by atoms with Crippen molar-refractivity contribution in [1.29, 1.82) is 0 Å². The van der Waals surface area contributed by atoms with Crippen LogP contribution in [0.25, 0.3) is 0 Å². The molecule has 0 atom stereocenters. The normalized spacial score (nSPS) is 9.89. The van der Waals surface area contributed by atoms with Crippen LogP contribution in [0.1, 0.15) is 25.3 Å². The van der Waals surface area contributed by atoms with E-state index in [2.05, 4.69) is 6.58 Å². The molecule has 18 heavy (non-hydrogen) atoms. The summed E-state index contributed by atoms with van der Waals surface area (Å²) in [7, 11) is 0. The molecule has 0 spiro atoms. The van der Waals surface area contributed by atoms with Gasteiger partial charge in [-0.3, -0.25) is 4.79 Å². The van der Waals surface area contributed by atoms with Gasteiger partial charge in [0.05, 0.1) is 6.61 Å². The van der Waals surface area contributed by atoms with Gasteiger partial charge in [0.1, 0.15) is 12.4 Å². The molecule has 0 amide bonds. The average molecular weight is 248 g/mol. The third-order valence-corrected chi connectivity index (χ3v) is 2.36. The highest BCUT2D eigenvalue weighted by atomic mass is 16.5. The van der Waals surface area contributed by atoms with Gasteiger partial charge in [-0.05, 0) is 37.5 Å². The van der Waals surface area contributed by atoms with Gasteiger partial charge in [0.2, 0.25) is 0 Å². The van der Waals surface area contributed by atoms with E-state index in [9.17, 15) is 4.79 Å². The third-order valence-electron chi connectivity index (χ3n) is 2.36. The fourth-order valence-corrected chi connectivity index (χ4v) is 1.39. The molecule has 3 heteroatoms. The van der Waals surface area contributed by atoms with E-state index in [1.54, 1.807) is 0 Å². The molecule has 0 aliphatic heterocycles. The zero-order valence-electron chi connectivity index (χ0n) is 11.1. The molecule has 0 heterocycles. The summed E-state index contributed by atoms with van der Waals surface area (Å²) < 4.78 is 10.6. The summed E-state index contributed by atoms with van der Waals surface area (Å²) in [6, 6.07) is 7.83. The van der Waals surface area contributed by atoms with Crippen LogP contribution in [0.15, 0.2) is 36.4 Å². The van der Waals surface area contributed by atoms with Gasteiger partial charge >= 0.3 is 5.97 Å². The van der Waals surface area contributed by atoms with Gasteiger partial charge in [-0.25, -0.2) is 0 Å². The lowest BCUT2D eigenvalue weighted by Gasteiger charge is -2.08. The standard InChI is InChI=1S/C15H20O3/c1-12(2)11-18-15(16)9-6-10-17-14-8-5-4-7-13(14)3/h4-5,7-8H,1,6,9-11H2,2-3H3. The number of para-hydroxylation sites is 1. The molecular formula is C15H20O3. The van der Waals surface area contributed by atoms with Gasteiger partial charge < -0.3 is 9.47 Å². The summed E-state index contributed by atoms with van der Waals surface area (Å²) in [5.74, 6) is 0.666. The molecule has 0 fully saturated rings. The topological polar surface area (TPSA) is 35.5 Å². The van der Waals surface area contributed by atoms with Crippen LogP contribution in [0.3, 0.4) is 0 Å². The highest BCUT2D eigenvalue weighted by molar-refractivity contribution is 5.69. The molecule has 1 aromatic rings. The molecule has 0 bridgehead atoms. The number of ether oxygens (including phenoxy) is 2. The first-order chi connectivity index (χ1) is 8.59. The molecule has 0 aliphatic rings. The summed E-state index contributed by atoms with van der Waals surface area (Å²) in [6.45, 7) is 8.32. The van der Waals surface area contributed by atoms with Gasteiger partial charge in [-0.1, -0.05) is 24.8 Å². The minimum atomic E-state index is -0.202. The quantitative estimate of drug-likeness (QED) is 0.422. The van der Waals surface area contributed by atoms with Gasteiger partial charge in [0.25, 0.3) is 0 Å². The molecular weight excluding hydrogens is 228 g/mol. The second kappa shape index (κ2) is 7.54. The van der Waals surface area contributed by atoms with Gasteiger partial charge in [-0.15, -0.1) is 0 Å². The Morgan fingerprint density at radius 3 is 2.72 bits per heavy atom. The maximum atomic E-state index is 11.3. The average Bonchev–Trinajstić information content (AvgIpc) is 2.34. The first-order valence-electron chi connectivity index (χ1n) is 6.08. The Hall–Kier alpha value is -1.77. The maximum Gasteiger partial charge on any atom is 0.306 e. The smallest absolute Gasteiger partial charge is 0.306 e. The van der Waals surface area contributed by atoms with Crippen LogP contribution in [0, 0.1) is 6.92 Å². The van der Waals surface area contributed by atoms with E-state index < -0.39 is 0 Å². The fraction of sp³-hybridized carbons (Fsp3) is 0.400. The van der Waals surface area contributed by atoms with Gasteiger partial charge in [-0.2, -0.15) is 0 Å². The lowest BCUT2D eigenvalue weighted by Crippen LogP contribution is -2.08. The summed E-state index contributed by atoms with van der Waals surface area (Å²) in [6.07, 6.45) is 1.03. The van der Waals surface area contributed by atoms with Crippen LogP contribution in [0.2, 0.25) is 0 Å². The number of hydrogen-bond donors (Lipinski definition) is 0. The minimum Gasteiger partial charge on any atom is -0.493 e. The van der Waals surface area contributed by atoms with Crippen LogP contribution < -0.4 is 4.74 Å². The molecule has 0 aromatic heterocycles. The Morgan fingerprint density at radius 1 is 1.33 bits per heavy atom. The Labute approximate surface area is 108 Å². The first-order valence-corrected chi connectivity index (χ1v) is 6.08. The van der Waals surface area contributed by atoms with E-state index in [-0.39, 0.29) is 5.97 Å². The van der Waals surface area contributed by atoms with Crippen LogP contribution in [0.4, 0.5) is 0 Å². The van der Waals surface area contributed by atoms with E-state index in [0.29, 0.717) is 26.1 Å². The molecule has 1 rings (SSSR count). The largest absolute Gasteiger partial charge is 0.493 e. The second-order valence-corrected chi connectivity index (χ2v) is 4.34. The zero-order valence-corrected chi connectivity index (χ0v) is 11.1. The molecule has 0 saturated carbocycles. The van der Waals surface area contributed by atoms with Crippen molar-refractivity contribution in [3.8, 4) is 5.75 Å². The molecule has 98 valence electrons. The van der Waals surface area contributed by atoms with E-state index in [4.69, 9.17) is 9.47 Å². The number of hydrogen-bond acceptors (Lipinski definition) is 3. The maximum absolute atomic E-state index is 11.3. The van der Waals surface area contributed by atoms with E-state index in [0.717, 1.165) is 16.9 Å². The first kappa shape index (κ1) is 14.3. The number of rotatable bonds is 7. The number of benzene rings is 1. The number of carbonyl (C=O) groups is 1. The monoisotopic (exact) mass is 248 g/mol. The summed E-state index contributed by atoms with van der Waals surface area (Å²) in [5.41, 5.74) is 1.95. The van der Waals surface area contributed by atoms with Gasteiger partial charge in [0.15, 0.2) is 0 Å². The van der Waals surface area contributed by atoms with Crippen molar-refractivity contribution in [1.82, 2.24) is 0 Å². The molecule has 0 saturated heterocycles. The Balaban J connectivity index is 2.17. The molecule has 0 radical (unpaired) electrons. The predicted octanol–water partition coefficient (Wildman–Crippen LogP) is 3.27. The summed E-state index contributed by atoms with van der Waals surface area (Å²) >= 11 is 0. The van der Waals surface area contributed by atoms with Crippen molar-refractivity contribution in [3.63, 3.8) is 0 Å². The number of aryl methyl sites for hydroxylation is 1. The Bertz CT molecular complexity index is 410. The third kappa shape index (κ3) is 5.53. The summed E-state index contributed by atoms with van der Waals surface area (Å²) in [4.78, 5) is 11.3. The van der Waals surface area contributed by atoms with Gasteiger partial charge in [0, 0.05) is 6.42 Å². The van der Waals surface area contributed by atoms with Crippen molar-refractivity contribution >= 4 is 5.97 Å². The van der Waals surface area contributed by atoms with Crippen LogP contribution >= 0.6 is 0 Å².